The average Bonchev–Trinajstić information content (AvgIpc) is 0.765. The average molecular weight is 1510 g/mol. The van der Waals surface area contributed by atoms with Crippen molar-refractivity contribution < 1.29 is 52.8 Å². The van der Waals surface area contributed by atoms with Crippen LogP contribution < -0.4 is 23.7 Å². The Labute approximate surface area is 661 Å². The van der Waals surface area contributed by atoms with Crippen LogP contribution in [0.3, 0.4) is 0 Å². The van der Waals surface area contributed by atoms with Gasteiger partial charge in [0.15, 0.2) is 0 Å². The van der Waals surface area contributed by atoms with E-state index in [0.29, 0.717) is 32.1 Å². The number of ether oxygens (including phenoxy) is 5. The summed E-state index contributed by atoms with van der Waals surface area (Å²) < 4.78 is 30.8. The van der Waals surface area contributed by atoms with E-state index < -0.39 is 64.3 Å². The van der Waals surface area contributed by atoms with Gasteiger partial charge in [-0.1, -0.05) is 484 Å². The molecule has 1 aromatic carbocycles. The quantitative estimate of drug-likeness (QED) is 0.0377. The lowest BCUT2D eigenvalue weighted by Crippen LogP contribution is -2.18. The third-order valence-corrected chi connectivity index (χ3v) is 22.3. The Morgan fingerprint density at radius 1 is 0.159 bits per heavy atom. The van der Waals surface area contributed by atoms with Gasteiger partial charge < -0.3 is 28.8 Å². The molecule has 107 heavy (non-hydrogen) atoms. The first-order valence-electron chi connectivity index (χ1n) is 47.6. The van der Waals surface area contributed by atoms with Crippen LogP contribution in [0.25, 0.3) is 0 Å². The van der Waals surface area contributed by atoms with Gasteiger partial charge in [-0.25, -0.2) is 0 Å². The van der Waals surface area contributed by atoms with Gasteiger partial charge in [0.25, 0.3) is 0 Å². The fourth-order valence-electron chi connectivity index (χ4n) is 15.1. The molecule has 0 radical (unpaired) electrons. The third-order valence-electron chi connectivity index (χ3n) is 22.3. The van der Waals surface area contributed by atoms with Gasteiger partial charge in [-0.3, -0.25) is 24.0 Å². The van der Waals surface area contributed by atoms with E-state index in [9.17, 15) is 29.1 Å². The Morgan fingerprint density at radius 3 is 0.374 bits per heavy atom. The van der Waals surface area contributed by atoms with Gasteiger partial charge in [0, 0.05) is 32.1 Å². The lowest BCUT2D eigenvalue weighted by molar-refractivity contribution is -0.139. The number of carbonyl (C=O) groups excluding carboxylic acids is 5. The molecule has 0 spiro atoms. The van der Waals surface area contributed by atoms with Crippen LogP contribution >= 0.6 is 0 Å². The van der Waals surface area contributed by atoms with Crippen LogP contribution in [0.4, 0.5) is 0 Å². The largest absolute Gasteiger partial charge is 0.501 e. The van der Waals surface area contributed by atoms with Crippen molar-refractivity contribution in [2.24, 2.45) is 0 Å². The smallest absolute Gasteiger partial charge is 0.311 e. The predicted octanol–water partition coefficient (Wildman–Crippen LogP) is 32.2. The van der Waals surface area contributed by atoms with Crippen molar-refractivity contribution in [2.45, 2.75) is 548 Å². The first-order valence-corrected chi connectivity index (χ1v) is 47.6. The molecule has 1 N–H and O–H groups in total. The maximum absolute atomic E-state index is 14.4. The van der Waals surface area contributed by atoms with Crippen molar-refractivity contribution in [3.8, 4) is 34.5 Å². The number of phenolic OH excluding ortho intramolecular Hbond substituents is 1. The summed E-state index contributed by atoms with van der Waals surface area (Å²) in [7, 11) is 0. The fourth-order valence-corrected chi connectivity index (χ4v) is 15.1. The van der Waals surface area contributed by atoms with E-state index in [-0.39, 0.29) is 32.1 Å². The van der Waals surface area contributed by atoms with Gasteiger partial charge in [0.05, 0.1) is 0 Å². The number of benzene rings is 1. The van der Waals surface area contributed by atoms with Crippen LogP contribution in [0.2, 0.25) is 0 Å². The first kappa shape index (κ1) is 101. The lowest BCUT2D eigenvalue weighted by Gasteiger charge is -2.21. The maximum Gasteiger partial charge on any atom is 0.311 e. The normalized spacial score (nSPS) is 11.4. The topological polar surface area (TPSA) is 152 Å². The monoisotopic (exact) mass is 1510 g/mol. The summed E-state index contributed by atoms with van der Waals surface area (Å²) in [5.41, 5.74) is 0. The van der Waals surface area contributed by atoms with Crippen molar-refractivity contribution >= 4 is 29.8 Å². The van der Waals surface area contributed by atoms with E-state index in [0.717, 1.165) is 128 Å². The molecule has 1 aromatic rings. The summed E-state index contributed by atoms with van der Waals surface area (Å²) in [5.74, 6) is -7.11. The molecule has 0 amide bonds. The highest BCUT2D eigenvalue weighted by atomic mass is 16.6. The number of hydrogen-bond donors (Lipinski definition) is 1. The van der Waals surface area contributed by atoms with Gasteiger partial charge in [0.1, 0.15) is 0 Å². The minimum absolute atomic E-state index is 0.000778. The summed E-state index contributed by atoms with van der Waals surface area (Å²) in [5, 5.41) is 12.5. The number of unbranched alkanes of at least 4 members (excludes halogenated alkanes) is 70. The Hall–Kier alpha value is -3.63. The van der Waals surface area contributed by atoms with Crippen molar-refractivity contribution in [1.82, 2.24) is 0 Å². The Morgan fingerprint density at radius 2 is 0.252 bits per heavy atom. The molecule has 0 fully saturated rings. The SMILES string of the molecule is CCCCCCCCCCCCCCCCCC(=O)Oc1c(O)c(OC(=O)CCCCCCCCCCCCCCCCC)c(OC(=O)CCCCCCCCCCCCCCCCC)c(OC(=O)CCCCCCCCCCCCCCCCC)c1OC(=O)CCCCCCCCCCCCCCCCC. The first-order chi connectivity index (χ1) is 52.6. The second-order valence-electron chi connectivity index (χ2n) is 32.9. The third kappa shape index (κ3) is 65.6. The van der Waals surface area contributed by atoms with Gasteiger partial charge in [-0.2, -0.15) is 0 Å². The van der Waals surface area contributed by atoms with E-state index in [1.54, 1.807) is 0 Å². The number of phenols is 1. The molecule has 11 nitrogen and oxygen atoms in total. The van der Waals surface area contributed by atoms with E-state index >= 15 is 0 Å². The zero-order chi connectivity index (χ0) is 77.5. The lowest BCUT2D eigenvalue weighted by atomic mass is 10.0. The molecule has 0 unspecified atom stereocenters. The summed E-state index contributed by atoms with van der Waals surface area (Å²) in [6.45, 7) is 11.3. The van der Waals surface area contributed by atoms with Crippen molar-refractivity contribution in [3.05, 3.63) is 0 Å². The molecule has 0 heterocycles. The second-order valence-corrected chi connectivity index (χ2v) is 32.9. The fraction of sp³-hybridized carbons (Fsp3) is 0.885. The molecular formula is C96H176O11. The van der Waals surface area contributed by atoms with Gasteiger partial charge >= 0.3 is 29.8 Å². The van der Waals surface area contributed by atoms with E-state index in [4.69, 9.17) is 23.7 Å². The Kier molecular flexibility index (Phi) is 76.2. The molecule has 0 saturated carbocycles. The van der Waals surface area contributed by atoms with Crippen molar-refractivity contribution in [2.75, 3.05) is 0 Å². The van der Waals surface area contributed by atoms with Gasteiger partial charge in [-0.05, 0) is 32.1 Å². The molecule has 0 atom stereocenters. The summed E-state index contributed by atoms with van der Waals surface area (Å²) in [6.07, 6.45) is 87.9. The Bertz CT molecular complexity index is 2030. The number of aromatic hydroxyl groups is 1. The van der Waals surface area contributed by atoms with Gasteiger partial charge in [-0.15, -0.1) is 0 Å². The Balaban J connectivity index is 3.55. The number of rotatable bonds is 85. The maximum atomic E-state index is 14.4. The minimum Gasteiger partial charge on any atom is -0.501 e. The zero-order valence-electron chi connectivity index (χ0n) is 71.6. The van der Waals surface area contributed by atoms with Gasteiger partial charge in [0.2, 0.25) is 34.5 Å². The highest BCUT2D eigenvalue weighted by molar-refractivity contribution is 5.89. The molecule has 626 valence electrons. The standard InChI is InChI=1S/C96H176O11/c1-6-11-16-21-26-31-36-41-46-51-56-61-66-71-76-81-86(97)103-92-91(102)93(104-87(98)82-77-72-67-62-57-52-47-42-37-32-27-22-17-12-7-2)95(106-89(100)84-79-74-69-64-59-54-49-44-39-34-29-24-19-14-9-4)96(107-90(101)85-80-75-70-65-60-55-50-45-40-35-30-25-20-15-10-5)94(92)105-88(99)83-78-73-68-63-58-53-48-43-38-33-28-23-18-13-8-3/h102H,6-85H2,1-5H3. The molecule has 0 bridgehead atoms. The van der Waals surface area contributed by atoms with E-state index in [1.807, 2.05) is 0 Å². The molecule has 0 aromatic heterocycles. The molecule has 0 aliphatic carbocycles. The summed E-state index contributed by atoms with van der Waals surface area (Å²) in [4.78, 5) is 71.3. The molecule has 0 aliphatic rings. The zero-order valence-corrected chi connectivity index (χ0v) is 71.6. The highest BCUT2D eigenvalue weighted by Crippen LogP contribution is 2.58. The molecule has 0 saturated heterocycles. The number of carbonyl (C=O) groups is 5. The van der Waals surface area contributed by atoms with Crippen molar-refractivity contribution in [3.63, 3.8) is 0 Å². The molecular weight excluding hydrogens is 1330 g/mol. The highest BCUT2D eigenvalue weighted by Gasteiger charge is 2.36. The van der Waals surface area contributed by atoms with Crippen LogP contribution in [0.15, 0.2) is 0 Å². The van der Waals surface area contributed by atoms with Crippen molar-refractivity contribution in [1.29, 1.82) is 0 Å². The molecule has 0 aliphatic heterocycles. The molecule has 11 heteroatoms. The van der Waals surface area contributed by atoms with Crippen LogP contribution in [-0.4, -0.2) is 35.0 Å². The predicted molar refractivity (Wildman–Crippen MR) is 454 cm³/mol. The van der Waals surface area contributed by atoms with Crippen LogP contribution in [0.1, 0.15) is 548 Å². The van der Waals surface area contributed by atoms with Crippen LogP contribution in [-0.2, 0) is 24.0 Å². The summed E-state index contributed by atoms with van der Waals surface area (Å²) in [6, 6.07) is 0. The van der Waals surface area contributed by atoms with Crippen LogP contribution in [0, 0.1) is 0 Å². The van der Waals surface area contributed by atoms with E-state index in [2.05, 4.69) is 34.6 Å². The van der Waals surface area contributed by atoms with E-state index in [1.165, 1.54) is 321 Å². The second kappa shape index (κ2) is 80.4. The number of esters is 5. The van der Waals surface area contributed by atoms with Crippen LogP contribution in [0.5, 0.6) is 34.5 Å². The minimum atomic E-state index is -0.841. The summed E-state index contributed by atoms with van der Waals surface area (Å²) >= 11 is 0. The molecule has 1 rings (SSSR count). The number of hydrogen-bond acceptors (Lipinski definition) is 11.